The van der Waals surface area contributed by atoms with Gasteiger partial charge in [-0.25, -0.2) is 8.42 Å². The Kier molecular flexibility index (Phi) is 4.60. The van der Waals surface area contributed by atoms with Crippen molar-refractivity contribution >= 4 is 15.7 Å². The standard InChI is InChI=1S/C16H16N2O6S/c1-17(10-12-11-23-14-7-3-4-8-15(14)24-12)25(21,22)16-9-5-2-6-13(16)18(19)20/h2-9,12H,10-11H2,1H3. The van der Waals surface area contributed by atoms with Gasteiger partial charge in [-0.3, -0.25) is 10.1 Å². The zero-order valence-electron chi connectivity index (χ0n) is 13.4. The summed E-state index contributed by atoms with van der Waals surface area (Å²) in [7, 11) is -2.68. The number of nitrogens with zero attached hydrogens (tertiary/aromatic N) is 2. The van der Waals surface area contributed by atoms with Gasteiger partial charge >= 0.3 is 0 Å². The number of para-hydroxylation sites is 3. The Morgan fingerprint density at radius 2 is 1.80 bits per heavy atom. The highest BCUT2D eigenvalue weighted by atomic mass is 32.2. The molecule has 0 bridgehead atoms. The van der Waals surface area contributed by atoms with Gasteiger partial charge in [-0.2, -0.15) is 4.31 Å². The molecule has 0 spiro atoms. The number of nitro groups is 1. The Morgan fingerprint density at radius 3 is 2.52 bits per heavy atom. The minimum Gasteiger partial charge on any atom is -0.486 e. The summed E-state index contributed by atoms with van der Waals surface area (Å²) in [6, 6.07) is 12.4. The third kappa shape index (κ3) is 3.42. The Bertz CT molecular complexity index is 899. The van der Waals surface area contributed by atoms with E-state index < -0.39 is 26.7 Å². The average molecular weight is 364 g/mol. The van der Waals surface area contributed by atoms with E-state index in [2.05, 4.69) is 0 Å². The molecule has 0 amide bonds. The van der Waals surface area contributed by atoms with Crippen LogP contribution in [0.15, 0.2) is 53.4 Å². The summed E-state index contributed by atoms with van der Waals surface area (Å²) in [4.78, 5) is 10.0. The molecule has 0 N–H and O–H groups in total. The largest absolute Gasteiger partial charge is 0.486 e. The molecule has 9 heteroatoms. The maximum absolute atomic E-state index is 12.7. The Balaban J connectivity index is 1.80. The molecule has 0 saturated carbocycles. The van der Waals surface area contributed by atoms with Gasteiger partial charge in [0.1, 0.15) is 12.7 Å². The first kappa shape index (κ1) is 17.2. The van der Waals surface area contributed by atoms with Gasteiger partial charge in [-0.15, -0.1) is 0 Å². The predicted octanol–water partition coefficient (Wildman–Crippen LogP) is 2.06. The first-order valence-electron chi connectivity index (χ1n) is 7.48. The van der Waals surface area contributed by atoms with Crippen LogP contribution in [0.25, 0.3) is 0 Å². The van der Waals surface area contributed by atoms with E-state index in [-0.39, 0.29) is 18.0 Å². The lowest BCUT2D eigenvalue weighted by Crippen LogP contribution is -2.41. The van der Waals surface area contributed by atoms with Crippen LogP contribution in [-0.2, 0) is 10.0 Å². The van der Waals surface area contributed by atoms with Gasteiger partial charge in [0.05, 0.1) is 11.5 Å². The first-order valence-corrected chi connectivity index (χ1v) is 8.92. The van der Waals surface area contributed by atoms with Gasteiger partial charge in [-0.05, 0) is 18.2 Å². The van der Waals surface area contributed by atoms with E-state index in [1.54, 1.807) is 18.2 Å². The highest BCUT2D eigenvalue weighted by Gasteiger charge is 2.32. The summed E-state index contributed by atoms with van der Waals surface area (Å²) in [5.41, 5.74) is -0.458. The molecule has 2 aromatic rings. The van der Waals surface area contributed by atoms with Crippen molar-refractivity contribution in [1.29, 1.82) is 0 Å². The summed E-state index contributed by atoms with van der Waals surface area (Å²) in [5, 5.41) is 11.1. The number of benzene rings is 2. The summed E-state index contributed by atoms with van der Waals surface area (Å²) in [6.45, 7) is 0.191. The van der Waals surface area contributed by atoms with Crippen LogP contribution in [0.1, 0.15) is 0 Å². The van der Waals surface area contributed by atoms with E-state index in [1.807, 2.05) is 6.07 Å². The van der Waals surface area contributed by atoms with Crippen molar-refractivity contribution in [3.8, 4) is 11.5 Å². The second kappa shape index (κ2) is 6.69. The fourth-order valence-corrected chi connectivity index (χ4v) is 3.89. The number of nitro benzene ring substituents is 1. The number of ether oxygens (including phenoxy) is 2. The molecule has 0 saturated heterocycles. The number of sulfonamides is 1. The highest BCUT2D eigenvalue weighted by molar-refractivity contribution is 7.89. The van der Waals surface area contributed by atoms with Gasteiger partial charge in [0.25, 0.3) is 5.69 Å². The summed E-state index contributed by atoms with van der Waals surface area (Å²) in [6.07, 6.45) is -0.516. The predicted molar refractivity (Wildman–Crippen MR) is 89.3 cm³/mol. The highest BCUT2D eigenvalue weighted by Crippen LogP contribution is 2.32. The van der Waals surface area contributed by atoms with E-state index in [0.717, 1.165) is 10.4 Å². The second-order valence-electron chi connectivity index (χ2n) is 5.51. The molecule has 0 aliphatic carbocycles. The van der Waals surface area contributed by atoms with Gasteiger partial charge in [-0.1, -0.05) is 24.3 Å². The average Bonchev–Trinajstić information content (AvgIpc) is 2.61. The van der Waals surface area contributed by atoms with Crippen LogP contribution in [0, 0.1) is 10.1 Å². The number of hydrogen-bond acceptors (Lipinski definition) is 6. The Labute approximate surface area is 144 Å². The molecular formula is C16H16N2O6S. The molecule has 2 aromatic carbocycles. The molecule has 1 aliphatic heterocycles. The molecule has 25 heavy (non-hydrogen) atoms. The van der Waals surface area contributed by atoms with Crippen LogP contribution in [-0.4, -0.2) is 43.9 Å². The molecule has 0 aromatic heterocycles. The quantitative estimate of drug-likeness (QED) is 0.595. The van der Waals surface area contributed by atoms with Crippen LogP contribution in [0.5, 0.6) is 11.5 Å². The van der Waals surface area contributed by atoms with Crippen LogP contribution >= 0.6 is 0 Å². The summed E-state index contributed by atoms with van der Waals surface area (Å²) >= 11 is 0. The Hall–Kier alpha value is -2.65. The van der Waals surface area contributed by atoms with Crippen molar-refractivity contribution < 1.29 is 22.8 Å². The van der Waals surface area contributed by atoms with Crippen molar-refractivity contribution in [1.82, 2.24) is 4.31 Å². The molecule has 0 fully saturated rings. The minimum absolute atomic E-state index is 0.00269. The van der Waals surface area contributed by atoms with Crippen LogP contribution in [0.4, 0.5) is 5.69 Å². The molecule has 3 rings (SSSR count). The lowest BCUT2D eigenvalue weighted by molar-refractivity contribution is -0.387. The topological polar surface area (TPSA) is 99.0 Å². The third-order valence-electron chi connectivity index (χ3n) is 3.78. The number of rotatable bonds is 5. The summed E-state index contributed by atoms with van der Waals surface area (Å²) < 4.78 is 37.8. The molecule has 0 radical (unpaired) electrons. The van der Waals surface area contributed by atoms with Crippen molar-refractivity contribution in [3.05, 3.63) is 58.6 Å². The lowest BCUT2D eigenvalue weighted by Gasteiger charge is -2.29. The van der Waals surface area contributed by atoms with Gasteiger partial charge in [0.2, 0.25) is 10.0 Å². The smallest absolute Gasteiger partial charge is 0.289 e. The maximum Gasteiger partial charge on any atom is 0.289 e. The summed E-state index contributed by atoms with van der Waals surface area (Å²) in [5.74, 6) is 1.14. The Morgan fingerprint density at radius 1 is 1.16 bits per heavy atom. The van der Waals surface area contributed by atoms with Crippen LogP contribution in [0.3, 0.4) is 0 Å². The molecule has 8 nitrogen and oxygen atoms in total. The fourth-order valence-electron chi connectivity index (χ4n) is 2.53. The number of hydrogen-bond donors (Lipinski definition) is 0. The van der Waals surface area contributed by atoms with Crippen molar-refractivity contribution in [3.63, 3.8) is 0 Å². The molecule has 132 valence electrons. The molecule has 1 atom stereocenters. The third-order valence-corrected chi connectivity index (χ3v) is 5.65. The molecule has 1 unspecified atom stereocenters. The maximum atomic E-state index is 12.7. The zero-order valence-corrected chi connectivity index (χ0v) is 14.2. The molecule has 1 heterocycles. The van der Waals surface area contributed by atoms with E-state index >= 15 is 0 Å². The SMILES string of the molecule is CN(CC1COc2ccccc2O1)S(=O)(=O)c1ccccc1[N+](=O)[O-]. The number of fused-ring (bicyclic) bond motifs is 1. The van der Waals surface area contributed by atoms with Crippen LogP contribution in [0.2, 0.25) is 0 Å². The molecular weight excluding hydrogens is 348 g/mol. The van der Waals surface area contributed by atoms with Crippen molar-refractivity contribution in [2.45, 2.75) is 11.0 Å². The van der Waals surface area contributed by atoms with Gasteiger partial charge in [0.15, 0.2) is 16.4 Å². The minimum atomic E-state index is -4.04. The van der Waals surface area contributed by atoms with E-state index in [4.69, 9.17) is 9.47 Å². The normalized spacial score (nSPS) is 16.6. The fraction of sp³-hybridized carbons (Fsp3) is 0.250. The molecule has 1 aliphatic rings. The van der Waals surface area contributed by atoms with E-state index in [1.165, 1.54) is 25.2 Å². The number of likely N-dealkylation sites (N-methyl/N-ethyl adjacent to an activating group) is 1. The van der Waals surface area contributed by atoms with Crippen LogP contribution < -0.4 is 9.47 Å². The van der Waals surface area contributed by atoms with E-state index in [9.17, 15) is 18.5 Å². The van der Waals surface area contributed by atoms with Gasteiger partial charge in [0, 0.05) is 13.1 Å². The van der Waals surface area contributed by atoms with Crippen molar-refractivity contribution in [2.75, 3.05) is 20.2 Å². The van der Waals surface area contributed by atoms with E-state index in [0.29, 0.717) is 11.5 Å². The van der Waals surface area contributed by atoms with Crippen molar-refractivity contribution in [2.24, 2.45) is 0 Å². The van der Waals surface area contributed by atoms with Gasteiger partial charge < -0.3 is 9.47 Å². The second-order valence-corrected chi connectivity index (χ2v) is 7.52. The lowest BCUT2D eigenvalue weighted by atomic mass is 10.2. The first-order chi connectivity index (χ1) is 11.9. The zero-order chi connectivity index (χ0) is 18.0. The monoisotopic (exact) mass is 364 g/mol.